The number of hydrogen-bond donors (Lipinski definition) is 0. The molecule has 1 atom stereocenters. The maximum atomic E-state index is 2.38. The van der Waals surface area contributed by atoms with Gasteiger partial charge in [0, 0.05) is 16.5 Å². The van der Waals surface area contributed by atoms with Crippen LogP contribution in [-0.4, -0.2) is 4.57 Å². The lowest BCUT2D eigenvalue weighted by Crippen LogP contribution is -1.95. The normalized spacial score (nSPS) is 15.9. The summed E-state index contributed by atoms with van der Waals surface area (Å²) in [5, 5.41) is 2.58. The largest absolute Gasteiger partial charge is 0.309 e. The molecule has 4 aromatic carbocycles. The number of hydrogen-bond acceptors (Lipinski definition) is 0. The van der Waals surface area contributed by atoms with E-state index in [-0.39, 0.29) is 0 Å². The summed E-state index contributed by atoms with van der Waals surface area (Å²) in [6, 6.07) is 35.1. The Hall–Kier alpha value is -3.84. The predicted molar refractivity (Wildman–Crippen MR) is 137 cm³/mol. The number of aromatic nitrogens is 1. The zero-order valence-electron chi connectivity index (χ0n) is 18.2. The third-order valence-electron chi connectivity index (χ3n) is 6.49. The average molecular weight is 412 g/mol. The Labute approximate surface area is 188 Å². The van der Waals surface area contributed by atoms with Crippen molar-refractivity contribution >= 4 is 27.4 Å². The van der Waals surface area contributed by atoms with Crippen molar-refractivity contribution in [1.82, 2.24) is 4.57 Å². The summed E-state index contributed by atoms with van der Waals surface area (Å²) in [5.74, 6) is 0.596. The van der Waals surface area contributed by atoms with Crippen molar-refractivity contribution in [3.8, 4) is 16.8 Å². The van der Waals surface area contributed by atoms with E-state index in [1.54, 1.807) is 0 Å². The van der Waals surface area contributed by atoms with Crippen LogP contribution >= 0.6 is 0 Å². The molecule has 0 radical (unpaired) electrons. The Morgan fingerprint density at radius 2 is 1.41 bits per heavy atom. The van der Waals surface area contributed by atoms with Crippen molar-refractivity contribution in [2.24, 2.45) is 5.92 Å². The molecule has 1 heterocycles. The van der Waals surface area contributed by atoms with E-state index in [2.05, 4.69) is 127 Å². The number of rotatable bonds is 3. The highest BCUT2D eigenvalue weighted by atomic mass is 15.0. The number of fused-ring (bicyclic) bond motifs is 3. The molecule has 0 spiro atoms. The van der Waals surface area contributed by atoms with Crippen LogP contribution in [0.3, 0.4) is 0 Å². The Kier molecular flexibility index (Phi) is 4.54. The van der Waals surface area contributed by atoms with E-state index in [4.69, 9.17) is 0 Å². The predicted octanol–water partition coefficient (Wildman–Crippen LogP) is 8.43. The fourth-order valence-corrected chi connectivity index (χ4v) is 4.92. The van der Waals surface area contributed by atoms with Crippen LogP contribution in [-0.2, 0) is 0 Å². The molecule has 1 heteroatoms. The van der Waals surface area contributed by atoms with Crippen molar-refractivity contribution in [3.63, 3.8) is 0 Å². The van der Waals surface area contributed by atoms with Gasteiger partial charge in [-0.2, -0.15) is 0 Å². The van der Waals surface area contributed by atoms with Crippen LogP contribution in [0, 0.1) is 5.92 Å². The van der Waals surface area contributed by atoms with Gasteiger partial charge >= 0.3 is 0 Å². The quantitative estimate of drug-likeness (QED) is 0.281. The molecule has 0 N–H and O–H groups in total. The highest BCUT2D eigenvalue weighted by molar-refractivity contribution is 6.10. The summed E-state index contributed by atoms with van der Waals surface area (Å²) in [5.41, 5.74) is 8.80. The molecule has 1 aromatic heterocycles. The number of benzene rings is 4. The van der Waals surface area contributed by atoms with E-state index in [1.807, 2.05) is 0 Å². The standard InChI is InChI=1S/C31H25N/c1-22-9-7-10-23(19-22)24-11-8-12-25(20-24)26-17-18-31-29(21-26)28-15-5-6-16-30(28)32(31)27-13-3-2-4-14-27/h2-8,10-22H,9H2,1H3. The highest BCUT2D eigenvalue weighted by Gasteiger charge is 2.13. The van der Waals surface area contributed by atoms with E-state index in [9.17, 15) is 0 Å². The van der Waals surface area contributed by atoms with Crippen molar-refractivity contribution in [1.29, 1.82) is 0 Å². The van der Waals surface area contributed by atoms with Crippen LogP contribution in [0.4, 0.5) is 0 Å². The van der Waals surface area contributed by atoms with Crippen molar-refractivity contribution < 1.29 is 0 Å². The monoisotopic (exact) mass is 411 g/mol. The SMILES string of the molecule is CC1C=C(c2cccc(-c3ccc4c(c3)c3ccccc3n4-c3ccccc3)c2)C=CC1. The van der Waals surface area contributed by atoms with Gasteiger partial charge in [-0.05, 0) is 71.0 Å². The van der Waals surface area contributed by atoms with Crippen LogP contribution in [0.5, 0.6) is 0 Å². The lowest BCUT2D eigenvalue weighted by Gasteiger charge is -2.13. The van der Waals surface area contributed by atoms with Crippen LogP contribution in [0.1, 0.15) is 18.9 Å². The number of allylic oxidation sites excluding steroid dienone is 4. The Balaban J connectivity index is 1.52. The first-order valence-electron chi connectivity index (χ1n) is 11.4. The molecule has 32 heavy (non-hydrogen) atoms. The minimum Gasteiger partial charge on any atom is -0.309 e. The summed E-state index contributed by atoms with van der Waals surface area (Å²) in [6.45, 7) is 2.28. The van der Waals surface area contributed by atoms with Gasteiger partial charge in [0.1, 0.15) is 0 Å². The first-order valence-corrected chi connectivity index (χ1v) is 11.4. The number of nitrogens with zero attached hydrogens (tertiary/aromatic N) is 1. The summed E-state index contributed by atoms with van der Waals surface area (Å²) >= 11 is 0. The van der Waals surface area contributed by atoms with Crippen LogP contribution in [0.15, 0.2) is 115 Å². The summed E-state index contributed by atoms with van der Waals surface area (Å²) in [4.78, 5) is 0. The molecule has 0 bridgehead atoms. The molecule has 0 amide bonds. The molecule has 0 fully saturated rings. The topological polar surface area (TPSA) is 4.93 Å². The second-order valence-electron chi connectivity index (χ2n) is 8.74. The average Bonchev–Trinajstić information content (AvgIpc) is 3.18. The second-order valence-corrected chi connectivity index (χ2v) is 8.74. The van der Waals surface area contributed by atoms with Gasteiger partial charge in [0.25, 0.3) is 0 Å². The Morgan fingerprint density at radius 3 is 2.28 bits per heavy atom. The van der Waals surface area contributed by atoms with Gasteiger partial charge in [0.2, 0.25) is 0 Å². The maximum absolute atomic E-state index is 2.38. The minimum absolute atomic E-state index is 0.596. The summed E-state index contributed by atoms with van der Waals surface area (Å²) < 4.78 is 2.36. The second kappa shape index (κ2) is 7.69. The van der Waals surface area contributed by atoms with E-state index >= 15 is 0 Å². The van der Waals surface area contributed by atoms with Crippen molar-refractivity contribution in [2.75, 3.05) is 0 Å². The molecule has 1 aliphatic carbocycles. The van der Waals surface area contributed by atoms with Gasteiger partial charge in [-0.3, -0.25) is 0 Å². The zero-order valence-corrected chi connectivity index (χ0v) is 18.2. The summed E-state index contributed by atoms with van der Waals surface area (Å²) in [7, 11) is 0. The number of para-hydroxylation sites is 2. The van der Waals surface area contributed by atoms with Crippen molar-refractivity contribution in [3.05, 3.63) is 121 Å². The van der Waals surface area contributed by atoms with Gasteiger partial charge in [0.05, 0.1) is 11.0 Å². The fourth-order valence-electron chi connectivity index (χ4n) is 4.92. The van der Waals surface area contributed by atoms with Crippen molar-refractivity contribution in [2.45, 2.75) is 13.3 Å². The van der Waals surface area contributed by atoms with E-state index in [0.29, 0.717) is 5.92 Å². The molecule has 0 aliphatic heterocycles. The fraction of sp³-hybridized carbons (Fsp3) is 0.0968. The van der Waals surface area contributed by atoms with E-state index in [0.717, 1.165) is 6.42 Å². The summed E-state index contributed by atoms with van der Waals surface area (Å²) in [6.07, 6.45) is 8.06. The molecule has 1 unspecified atom stereocenters. The van der Waals surface area contributed by atoms with Gasteiger partial charge in [-0.15, -0.1) is 0 Å². The first-order chi connectivity index (χ1) is 15.8. The van der Waals surface area contributed by atoms with Gasteiger partial charge in [-0.25, -0.2) is 0 Å². The maximum Gasteiger partial charge on any atom is 0.0541 e. The van der Waals surface area contributed by atoms with Gasteiger partial charge < -0.3 is 4.57 Å². The Bertz CT molecular complexity index is 1500. The zero-order chi connectivity index (χ0) is 21.5. The van der Waals surface area contributed by atoms with E-state index in [1.165, 1.54) is 49.8 Å². The third kappa shape index (κ3) is 3.18. The molecule has 1 aliphatic rings. The van der Waals surface area contributed by atoms with Crippen LogP contribution < -0.4 is 0 Å². The van der Waals surface area contributed by atoms with Crippen LogP contribution in [0.2, 0.25) is 0 Å². The molecule has 1 nitrogen and oxygen atoms in total. The lowest BCUT2D eigenvalue weighted by molar-refractivity contribution is 0.740. The molecular weight excluding hydrogens is 386 g/mol. The molecule has 0 saturated carbocycles. The van der Waals surface area contributed by atoms with Crippen LogP contribution in [0.25, 0.3) is 44.2 Å². The third-order valence-corrected chi connectivity index (χ3v) is 6.49. The van der Waals surface area contributed by atoms with E-state index < -0.39 is 0 Å². The molecule has 6 rings (SSSR count). The lowest BCUT2D eigenvalue weighted by atomic mass is 9.92. The molecule has 5 aromatic rings. The van der Waals surface area contributed by atoms with Gasteiger partial charge in [-0.1, -0.05) is 85.8 Å². The highest BCUT2D eigenvalue weighted by Crippen LogP contribution is 2.35. The first kappa shape index (κ1) is 18.9. The molecule has 0 saturated heterocycles. The molecule has 154 valence electrons. The smallest absolute Gasteiger partial charge is 0.0541 e. The van der Waals surface area contributed by atoms with Gasteiger partial charge in [0.15, 0.2) is 0 Å². The minimum atomic E-state index is 0.596. The molecular formula is C31H25N. The Morgan fingerprint density at radius 1 is 0.656 bits per heavy atom.